The van der Waals surface area contributed by atoms with Crippen LogP contribution >= 0.6 is 0 Å². The summed E-state index contributed by atoms with van der Waals surface area (Å²) >= 11 is 0. The van der Waals surface area contributed by atoms with Gasteiger partial charge in [-0.1, -0.05) is 0 Å². The van der Waals surface area contributed by atoms with Crippen molar-refractivity contribution in [2.75, 3.05) is 5.32 Å². The molecular formula is C15H11N3O3. The maximum absolute atomic E-state index is 12.0. The standard InChI is InChI=1S/C15H11N3O3/c16-14(20)10-1-7-13(8-2-10)18-15(21)11-3-5-12(6-4-11)17-9-19/h1-8H,(H2,16,20)(H,18,21). The lowest BCUT2D eigenvalue weighted by molar-refractivity contribution is 0.0998. The van der Waals surface area contributed by atoms with Gasteiger partial charge in [0.25, 0.3) is 5.91 Å². The van der Waals surface area contributed by atoms with Crippen molar-refractivity contribution in [3.8, 4) is 0 Å². The molecule has 0 heterocycles. The van der Waals surface area contributed by atoms with Gasteiger partial charge in [0.1, 0.15) is 0 Å². The zero-order valence-corrected chi connectivity index (χ0v) is 10.9. The number of amides is 2. The molecule has 6 heteroatoms. The number of anilines is 1. The highest BCUT2D eigenvalue weighted by Gasteiger charge is 2.06. The lowest BCUT2D eigenvalue weighted by atomic mass is 10.1. The first kappa shape index (κ1) is 14.2. The van der Waals surface area contributed by atoms with E-state index in [0.29, 0.717) is 22.5 Å². The monoisotopic (exact) mass is 281 g/mol. The van der Waals surface area contributed by atoms with Crippen LogP contribution in [0.1, 0.15) is 20.7 Å². The molecule has 0 spiro atoms. The molecule has 0 fully saturated rings. The lowest BCUT2D eigenvalue weighted by Crippen LogP contribution is -2.13. The topological polar surface area (TPSA) is 102 Å². The molecule has 0 aliphatic carbocycles. The third-order valence-electron chi connectivity index (χ3n) is 2.73. The predicted molar refractivity (Wildman–Crippen MR) is 77.1 cm³/mol. The van der Waals surface area contributed by atoms with Crippen LogP contribution in [0.2, 0.25) is 0 Å². The smallest absolute Gasteiger partial charge is 0.255 e. The highest BCUT2D eigenvalue weighted by atomic mass is 16.2. The fourth-order valence-electron chi connectivity index (χ4n) is 1.66. The minimum absolute atomic E-state index is 0.316. The molecule has 0 aromatic heterocycles. The largest absolute Gasteiger partial charge is 0.366 e. The molecule has 0 aliphatic rings. The van der Waals surface area contributed by atoms with Crippen LogP contribution in [0.5, 0.6) is 0 Å². The quantitative estimate of drug-likeness (QED) is 0.661. The van der Waals surface area contributed by atoms with Crippen LogP contribution in [0.4, 0.5) is 11.4 Å². The number of isocyanates is 1. The van der Waals surface area contributed by atoms with Crippen molar-refractivity contribution in [2.45, 2.75) is 0 Å². The van der Waals surface area contributed by atoms with E-state index in [0.717, 1.165) is 0 Å². The summed E-state index contributed by atoms with van der Waals surface area (Å²) in [5.41, 5.74) is 6.88. The third-order valence-corrected chi connectivity index (χ3v) is 2.73. The van der Waals surface area contributed by atoms with E-state index in [2.05, 4.69) is 10.3 Å². The fourth-order valence-corrected chi connectivity index (χ4v) is 1.66. The van der Waals surface area contributed by atoms with Gasteiger partial charge in [0, 0.05) is 16.8 Å². The molecule has 2 aromatic rings. The van der Waals surface area contributed by atoms with Crippen LogP contribution < -0.4 is 11.1 Å². The molecule has 0 radical (unpaired) electrons. The number of rotatable bonds is 4. The van der Waals surface area contributed by atoms with Gasteiger partial charge in [-0.15, -0.1) is 0 Å². The molecule has 2 aromatic carbocycles. The summed E-state index contributed by atoms with van der Waals surface area (Å²) < 4.78 is 0. The number of benzene rings is 2. The molecule has 0 bridgehead atoms. The maximum Gasteiger partial charge on any atom is 0.255 e. The average Bonchev–Trinajstić information content (AvgIpc) is 2.49. The Bertz CT molecular complexity index is 715. The first-order valence-corrected chi connectivity index (χ1v) is 5.99. The van der Waals surface area contributed by atoms with Gasteiger partial charge < -0.3 is 11.1 Å². The van der Waals surface area contributed by atoms with Crippen molar-refractivity contribution >= 4 is 29.3 Å². The molecular weight excluding hydrogens is 270 g/mol. The number of nitrogens with one attached hydrogen (secondary N) is 1. The molecule has 0 saturated heterocycles. The molecule has 0 aliphatic heterocycles. The summed E-state index contributed by atoms with van der Waals surface area (Å²) in [4.78, 5) is 36.5. The second-order valence-corrected chi connectivity index (χ2v) is 4.15. The molecule has 21 heavy (non-hydrogen) atoms. The van der Waals surface area contributed by atoms with Crippen LogP contribution in [0, 0.1) is 0 Å². The fraction of sp³-hybridized carbons (Fsp3) is 0. The number of nitrogens with zero attached hydrogens (tertiary/aromatic N) is 1. The van der Waals surface area contributed by atoms with Crippen LogP contribution in [-0.4, -0.2) is 17.9 Å². The maximum atomic E-state index is 12.0. The molecule has 3 N–H and O–H groups in total. The number of carbonyl (C=O) groups is 2. The van der Waals surface area contributed by atoms with E-state index in [1.54, 1.807) is 24.3 Å². The zero-order chi connectivity index (χ0) is 15.2. The summed E-state index contributed by atoms with van der Waals surface area (Å²) in [6.07, 6.45) is 1.42. The van der Waals surface area contributed by atoms with Crippen molar-refractivity contribution in [1.29, 1.82) is 0 Å². The SMILES string of the molecule is NC(=O)c1ccc(NC(=O)c2ccc(N=C=O)cc2)cc1. The minimum atomic E-state index is -0.529. The molecule has 104 valence electrons. The summed E-state index contributed by atoms with van der Waals surface area (Å²) in [5.74, 6) is -0.845. The second kappa shape index (κ2) is 6.27. The Kier molecular flexibility index (Phi) is 4.23. The van der Waals surface area contributed by atoms with Crippen molar-refractivity contribution in [1.82, 2.24) is 0 Å². The van der Waals surface area contributed by atoms with Gasteiger partial charge in [0.05, 0.1) is 5.69 Å². The number of hydrogen-bond donors (Lipinski definition) is 2. The first-order valence-electron chi connectivity index (χ1n) is 5.99. The molecule has 2 rings (SSSR count). The van der Waals surface area contributed by atoms with E-state index < -0.39 is 5.91 Å². The molecule has 0 saturated carbocycles. The van der Waals surface area contributed by atoms with Gasteiger partial charge in [0.15, 0.2) is 0 Å². The Morgan fingerprint density at radius 1 is 0.952 bits per heavy atom. The summed E-state index contributed by atoms with van der Waals surface area (Å²) in [6, 6.07) is 12.4. The van der Waals surface area contributed by atoms with E-state index in [4.69, 9.17) is 5.73 Å². The highest BCUT2D eigenvalue weighted by molar-refractivity contribution is 6.04. The van der Waals surface area contributed by atoms with Gasteiger partial charge in [-0.25, -0.2) is 4.79 Å². The van der Waals surface area contributed by atoms with Gasteiger partial charge in [-0.05, 0) is 48.5 Å². The number of aliphatic imine (C=N–C) groups is 1. The van der Waals surface area contributed by atoms with E-state index >= 15 is 0 Å². The van der Waals surface area contributed by atoms with Gasteiger partial charge in [0.2, 0.25) is 12.0 Å². The molecule has 2 amide bonds. The Labute approximate surface area is 120 Å². The Morgan fingerprint density at radius 3 is 2.05 bits per heavy atom. The predicted octanol–water partition coefficient (Wildman–Crippen LogP) is 2.01. The van der Waals surface area contributed by atoms with Crippen LogP contribution in [0.3, 0.4) is 0 Å². The Hall–Kier alpha value is -3.24. The van der Waals surface area contributed by atoms with E-state index in [1.807, 2.05) is 0 Å². The van der Waals surface area contributed by atoms with E-state index in [1.165, 1.54) is 30.3 Å². The summed E-state index contributed by atoms with van der Waals surface area (Å²) in [7, 11) is 0. The average molecular weight is 281 g/mol. The Morgan fingerprint density at radius 2 is 1.52 bits per heavy atom. The molecule has 0 unspecified atom stereocenters. The number of hydrogen-bond acceptors (Lipinski definition) is 4. The van der Waals surface area contributed by atoms with Crippen LogP contribution in [0.15, 0.2) is 53.5 Å². The van der Waals surface area contributed by atoms with Crippen LogP contribution in [0.25, 0.3) is 0 Å². The first-order chi connectivity index (χ1) is 10.1. The minimum Gasteiger partial charge on any atom is -0.366 e. The van der Waals surface area contributed by atoms with Crippen molar-refractivity contribution in [3.63, 3.8) is 0 Å². The number of carbonyl (C=O) groups excluding carboxylic acids is 3. The van der Waals surface area contributed by atoms with Gasteiger partial charge in [-0.2, -0.15) is 4.99 Å². The summed E-state index contributed by atoms with van der Waals surface area (Å²) in [6.45, 7) is 0. The Balaban J connectivity index is 2.10. The second-order valence-electron chi connectivity index (χ2n) is 4.15. The van der Waals surface area contributed by atoms with Gasteiger partial charge >= 0.3 is 0 Å². The van der Waals surface area contributed by atoms with E-state index in [9.17, 15) is 14.4 Å². The summed E-state index contributed by atoms with van der Waals surface area (Å²) in [5, 5.41) is 2.68. The zero-order valence-electron chi connectivity index (χ0n) is 10.9. The van der Waals surface area contributed by atoms with E-state index in [-0.39, 0.29) is 5.91 Å². The number of nitrogens with two attached hydrogens (primary N) is 1. The van der Waals surface area contributed by atoms with Crippen molar-refractivity contribution in [2.24, 2.45) is 10.7 Å². The highest BCUT2D eigenvalue weighted by Crippen LogP contribution is 2.14. The molecule has 0 atom stereocenters. The van der Waals surface area contributed by atoms with Crippen molar-refractivity contribution < 1.29 is 14.4 Å². The normalized spacial score (nSPS) is 9.52. The van der Waals surface area contributed by atoms with Gasteiger partial charge in [-0.3, -0.25) is 9.59 Å². The third kappa shape index (κ3) is 3.62. The number of primary amides is 1. The molecule has 6 nitrogen and oxygen atoms in total. The lowest BCUT2D eigenvalue weighted by Gasteiger charge is -2.05. The van der Waals surface area contributed by atoms with Crippen molar-refractivity contribution in [3.05, 3.63) is 59.7 Å². The van der Waals surface area contributed by atoms with Crippen LogP contribution in [-0.2, 0) is 4.79 Å².